The van der Waals surface area contributed by atoms with E-state index in [1.54, 1.807) is 6.20 Å². The van der Waals surface area contributed by atoms with Gasteiger partial charge < -0.3 is 5.32 Å². The summed E-state index contributed by atoms with van der Waals surface area (Å²) in [7, 11) is 0. The van der Waals surface area contributed by atoms with Gasteiger partial charge in [0.25, 0.3) is 5.56 Å². The van der Waals surface area contributed by atoms with E-state index in [1.165, 1.54) is 4.68 Å². The van der Waals surface area contributed by atoms with Crippen LogP contribution in [0.15, 0.2) is 11.0 Å². The zero-order chi connectivity index (χ0) is 13.8. The van der Waals surface area contributed by atoms with Crippen molar-refractivity contribution in [2.45, 2.75) is 59.0 Å². The molecule has 0 spiro atoms. The number of anilines is 1. The number of hydrogen-bond acceptors (Lipinski definition) is 3. The van der Waals surface area contributed by atoms with Gasteiger partial charge in [0, 0.05) is 12.1 Å². The molecule has 1 rings (SSSR count). The Morgan fingerprint density at radius 1 is 1.44 bits per heavy atom. The SMILES string of the molecule is CCCCn1ncc(NC(C)(C)CC)c(Cl)c1=O. The van der Waals surface area contributed by atoms with Crippen LogP contribution in [0.1, 0.15) is 47.0 Å². The molecule has 1 heterocycles. The minimum Gasteiger partial charge on any atom is -0.378 e. The van der Waals surface area contributed by atoms with Gasteiger partial charge in [-0.3, -0.25) is 4.79 Å². The number of halogens is 1. The number of hydrogen-bond donors (Lipinski definition) is 1. The van der Waals surface area contributed by atoms with E-state index in [4.69, 9.17) is 11.6 Å². The standard InChI is InChI=1S/C13H22ClN3O/c1-5-7-8-17-12(18)11(14)10(9-15-17)16-13(3,4)6-2/h9,16H,5-8H2,1-4H3. The van der Waals surface area contributed by atoms with Gasteiger partial charge in [0.2, 0.25) is 0 Å². The molecule has 1 N–H and O–H groups in total. The van der Waals surface area contributed by atoms with Gasteiger partial charge in [0.1, 0.15) is 5.02 Å². The maximum Gasteiger partial charge on any atom is 0.287 e. The molecule has 18 heavy (non-hydrogen) atoms. The third-order valence-electron chi connectivity index (χ3n) is 3.07. The quantitative estimate of drug-likeness (QED) is 0.864. The van der Waals surface area contributed by atoms with Crippen molar-refractivity contribution in [3.8, 4) is 0 Å². The maximum absolute atomic E-state index is 12.0. The molecule has 0 saturated heterocycles. The summed E-state index contributed by atoms with van der Waals surface area (Å²) < 4.78 is 1.43. The van der Waals surface area contributed by atoms with Crippen molar-refractivity contribution in [2.75, 3.05) is 5.32 Å². The van der Waals surface area contributed by atoms with E-state index in [1.807, 2.05) is 0 Å². The Kier molecular flexibility index (Phi) is 5.20. The molecule has 102 valence electrons. The van der Waals surface area contributed by atoms with Gasteiger partial charge in [-0.25, -0.2) is 4.68 Å². The van der Waals surface area contributed by atoms with E-state index in [-0.39, 0.29) is 16.1 Å². The summed E-state index contributed by atoms with van der Waals surface area (Å²) in [6, 6.07) is 0. The largest absolute Gasteiger partial charge is 0.378 e. The third-order valence-corrected chi connectivity index (χ3v) is 3.43. The van der Waals surface area contributed by atoms with Gasteiger partial charge >= 0.3 is 0 Å². The lowest BCUT2D eigenvalue weighted by Gasteiger charge is -2.26. The van der Waals surface area contributed by atoms with Gasteiger partial charge in [-0.05, 0) is 26.7 Å². The van der Waals surface area contributed by atoms with E-state index >= 15 is 0 Å². The van der Waals surface area contributed by atoms with Gasteiger partial charge in [-0.1, -0.05) is 31.9 Å². The first-order chi connectivity index (χ1) is 8.41. The minimum atomic E-state index is -0.220. The van der Waals surface area contributed by atoms with Crippen molar-refractivity contribution < 1.29 is 0 Å². The van der Waals surface area contributed by atoms with Crippen LogP contribution in [-0.4, -0.2) is 15.3 Å². The fourth-order valence-corrected chi connectivity index (χ4v) is 1.67. The second-order valence-corrected chi connectivity index (χ2v) is 5.49. The highest BCUT2D eigenvalue weighted by Gasteiger charge is 2.18. The monoisotopic (exact) mass is 271 g/mol. The summed E-state index contributed by atoms with van der Waals surface area (Å²) in [6.45, 7) is 8.90. The Morgan fingerprint density at radius 3 is 2.67 bits per heavy atom. The molecule has 0 aromatic carbocycles. The molecule has 5 heteroatoms. The highest BCUT2D eigenvalue weighted by atomic mass is 35.5. The molecule has 0 aliphatic rings. The number of rotatable bonds is 6. The topological polar surface area (TPSA) is 46.9 Å². The van der Waals surface area contributed by atoms with Gasteiger partial charge in [-0.2, -0.15) is 5.10 Å². The van der Waals surface area contributed by atoms with Crippen molar-refractivity contribution in [3.05, 3.63) is 21.6 Å². The Balaban J connectivity index is 2.98. The predicted molar refractivity (Wildman–Crippen MR) is 76.4 cm³/mol. The Morgan fingerprint density at radius 2 is 2.11 bits per heavy atom. The molecule has 0 radical (unpaired) electrons. The summed E-state index contributed by atoms with van der Waals surface area (Å²) in [5, 5.41) is 7.63. The lowest BCUT2D eigenvalue weighted by atomic mass is 10.0. The molecule has 1 aromatic heterocycles. The van der Waals surface area contributed by atoms with Crippen LogP contribution < -0.4 is 10.9 Å². The fraction of sp³-hybridized carbons (Fsp3) is 0.692. The van der Waals surface area contributed by atoms with Crippen molar-refractivity contribution in [1.82, 2.24) is 9.78 Å². The molecular weight excluding hydrogens is 250 g/mol. The van der Waals surface area contributed by atoms with Crippen LogP contribution in [0, 0.1) is 0 Å². The predicted octanol–water partition coefficient (Wildman–Crippen LogP) is 3.30. The molecule has 4 nitrogen and oxygen atoms in total. The van der Waals surface area contributed by atoms with Crippen LogP contribution in [0.3, 0.4) is 0 Å². The normalized spacial score (nSPS) is 11.6. The number of nitrogens with one attached hydrogen (secondary N) is 1. The highest BCUT2D eigenvalue weighted by Crippen LogP contribution is 2.22. The molecule has 0 atom stereocenters. The van der Waals surface area contributed by atoms with Crippen LogP contribution in [0.25, 0.3) is 0 Å². The van der Waals surface area contributed by atoms with E-state index < -0.39 is 0 Å². The molecule has 0 unspecified atom stereocenters. The number of unbranched alkanes of at least 4 members (excludes halogenated alkanes) is 1. The van der Waals surface area contributed by atoms with E-state index in [9.17, 15) is 4.79 Å². The van der Waals surface area contributed by atoms with E-state index in [0.717, 1.165) is 19.3 Å². The smallest absolute Gasteiger partial charge is 0.287 e. The number of nitrogens with zero attached hydrogens (tertiary/aromatic N) is 2. The molecule has 0 aliphatic heterocycles. The Hall–Kier alpha value is -1.03. The van der Waals surface area contributed by atoms with E-state index in [2.05, 4.69) is 38.1 Å². The second kappa shape index (κ2) is 6.23. The third kappa shape index (κ3) is 3.73. The Bertz CT molecular complexity index is 454. The Labute approximate surface area is 113 Å². The first kappa shape index (κ1) is 15.0. The average Bonchev–Trinajstić information content (AvgIpc) is 2.34. The summed E-state index contributed by atoms with van der Waals surface area (Å²) in [6.07, 6.45) is 4.52. The van der Waals surface area contributed by atoms with E-state index in [0.29, 0.717) is 12.2 Å². The van der Waals surface area contributed by atoms with Gasteiger partial charge in [0.15, 0.2) is 0 Å². The molecular formula is C13H22ClN3O. The summed E-state index contributed by atoms with van der Waals surface area (Å²) in [5.41, 5.74) is 0.288. The van der Waals surface area contributed by atoms with Gasteiger partial charge in [0.05, 0.1) is 11.9 Å². The lowest BCUT2D eigenvalue weighted by Crippen LogP contribution is -2.32. The highest BCUT2D eigenvalue weighted by molar-refractivity contribution is 6.32. The number of aryl methyl sites for hydroxylation is 1. The summed E-state index contributed by atoms with van der Waals surface area (Å²) >= 11 is 6.10. The van der Waals surface area contributed by atoms with Crippen LogP contribution in [0.2, 0.25) is 5.02 Å². The molecule has 0 saturated carbocycles. The van der Waals surface area contributed by atoms with Crippen LogP contribution in [-0.2, 0) is 6.54 Å². The molecule has 0 amide bonds. The van der Waals surface area contributed by atoms with Crippen LogP contribution in [0.5, 0.6) is 0 Å². The maximum atomic E-state index is 12.0. The summed E-state index contributed by atoms with van der Waals surface area (Å²) in [4.78, 5) is 12.0. The number of aromatic nitrogens is 2. The molecule has 1 aromatic rings. The van der Waals surface area contributed by atoms with Crippen LogP contribution in [0.4, 0.5) is 5.69 Å². The first-order valence-corrected chi connectivity index (χ1v) is 6.83. The van der Waals surface area contributed by atoms with Crippen molar-refractivity contribution in [2.24, 2.45) is 0 Å². The molecule has 0 fully saturated rings. The van der Waals surface area contributed by atoms with Gasteiger partial charge in [-0.15, -0.1) is 0 Å². The molecule has 0 bridgehead atoms. The van der Waals surface area contributed by atoms with Crippen molar-refractivity contribution >= 4 is 17.3 Å². The second-order valence-electron chi connectivity index (χ2n) is 5.12. The van der Waals surface area contributed by atoms with Crippen molar-refractivity contribution in [3.63, 3.8) is 0 Å². The first-order valence-electron chi connectivity index (χ1n) is 6.45. The zero-order valence-corrected chi connectivity index (χ0v) is 12.3. The zero-order valence-electron chi connectivity index (χ0n) is 11.6. The minimum absolute atomic E-state index is 0.104. The van der Waals surface area contributed by atoms with Crippen LogP contribution >= 0.6 is 11.6 Å². The fourth-order valence-electron chi connectivity index (χ4n) is 1.47. The summed E-state index contributed by atoms with van der Waals surface area (Å²) in [5.74, 6) is 0. The molecule has 0 aliphatic carbocycles. The average molecular weight is 272 g/mol. The van der Waals surface area contributed by atoms with Crippen molar-refractivity contribution in [1.29, 1.82) is 0 Å². The lowest BCUT2D eigenvalue weighted by molar-refractivity contribution is 0.532.